The smallest absolute Gasteiger partial charge is 0.100 e. The van der Waals surface area contributed by atoms with Gasteiger partial charge in [0, 0.05) is 0 Å². The fourth-order valence-electron chi connectivity index (χ4n) is 0.749. The predicted molar refractivity (Wildman–Crippen MR) is 48.5 cm³/mol. The Balaban J connectivity index is 3.84. The Hall–Kier alpha value is 0.520. The minimum Gasteiger partial charge on any atom is -0.250 e. The Morgan fingerprint density at radius 2 is 1.45 bits per heavy atom. The van der Waals surface area contributed by atoms with Crippen LogP contribution >= 0.6 is 22.6 Å². The molecule has 0 saturated carbocycles. The second-order valence-electron chi connectivity index (χ2n) is 2.69. The van der Waals surface area contributed by atoms with Crippen molar-refractivity contribution in [2.24, 2.45) is 5.41 Å². The highest BCUT2D eigenvalue weighted by Gasteiger charge is 2.29. The first-order valence-corrected chi connectivity index (χ1v) is 5.01. The summed E-state index contributed by atoms with van der Waals surface area (Å²) in [7, 11) is 0. The first-order chi connectivity index (χ1) is 5.24. The van der Waals surface area contributed by atoms with Crippen LogP contribution in [0.15, 0.2) is 0 Å². The molecular weight excluding hydrogens is 268 g/mol. The molecule has 0 aliphatic rings. The topological polar surface area (TPSA) is 0 Å². The first-order valence-electron chi connectivity index (χ1n) is 3.48. The lowest BCUT2D eigenvalue weighted by Crippen LogP contribution is -2.28. The second kappa shape index (κ2) is 6.08. The Morgan fingerprint density at radius 3 is 1.73 bits per heavy atom. The van der Waals surface area contributed by atoms with Crippen LogP contribution in [0.4, 0.5) is 13.2 Å². The van der Waals surface area contributed by atoms with Crippen molar-refractivity contribution in [2.45, 2.75) is 12.8 Å². The lowest BCUT2D eigenvalue weighted by molar-refractivity contribution is 0.102. The molecule has 0 unspecified atom stereocenters. The van der Waals surface area contributed by atoms with E-state index in [1.165, 1.54) is 0 Å². The van der Waals surface area contributed by atoms with Crippen LogP contribution in [0.2, 0.25) is 0 Å². The third-order valence-electron chi connectivity index (χ3n) is 1.69. The molecule has 0 amide bonds. The molecular formula is C7H12F3I. The van der Waals surface area contributed by atoms with Crippen LogP contribution in [0.3, 0.4) is 0 Å². The summed E-state index contributed by atoms with van der Waals surface area (Å²) >= 11 is 2.11. The van der Waals surface area contributed by atoms with Crippen molar-refractivity contribution in [3.05, 3.63) is 0 Å². The summed E-state index contributed by atoms with van der Waals surface area (Å²) in [6.45, 7) is -2.68. The average molecular weight is 280 g/mol. The van der Waals surface area contributed by atoms with Gasteiger partial charge in [-0.2, -0.15) is 0 Å². The van der Waals surface area contributed by atoms with E-state index in [0.29, 0.717) is 12.8 Å². The van der Waals surface area contributed by atoms with Crippen LogP contribution in [0.1, 0.15) is 12.8 Å². The van der Waals surface area contributed by atoms with Crippen LogP contribution in [0.5, 0.6) is 0 Å². The largest absolute Gasteiger partial charge is 0.250 e. The van der Waals surface area contributed by atoms with Gasteiger partial charge in [0.05, 0.1) is 5.41 Å². The van der Waals surface area contributed by atoms with Crippen molar-refractivity contribution in [1.82, 2.24) is 0 Å². The monoisotopic (exact) mass is 280 g/mol. The van der Waals surface area contributed by atoms with Crippen LogP contribution < -0.4 is 0 Å². The van der Waals surface area contributed by atoms with E-state index in [0.717, 1.165) is 4.43 Å². The molecule has 0 aliphatic carbocycles. The van der Waals surface area contributed by atoms with Gasteiger partial charge < -0.3 is 0 Å². The number of rotatable bonds is 6. The average Bonchev–Trinajstić information content (AvgIpc) is 2.08. The maximum Gasteiger partial charge on any atom is 0.100 e. The van der Waals surface area contributed by atoms with E-state index >= 15 is 0 Å². The normalized spacial score (nSPS) is 12.0. The van der Waals surface area contributed by atoms with E-state index in [9.17, 15) is 13.2 Å². The molecule has 0 atom stereocenters. The summed E-state index contributed by atoms with van der Waals surface area (Å²) in [6, 6.07) is 0. The van der Waals surface area contributed by atoms with Crippen molar-refractivity contribution in [2.75, 3.05) is 24.5 Å². The summed E-state index contributed by atoms with van der Waals surface area (Å²) in [5.74, 6) is 0. The summed E-state index contributed by atoms with van der Waals surface area (Å²) < 4.78 is 37.3. The molecule has 4 heteroatoms. The van der Waals surface area contributed by atoms with E-state index in [1.807, 2.05) is 0 Å². The van der Waals surface area contributed by atoms with Crippen LogP contribution in [0, 0.1) is 5.41 Å². The van der Waals surface area contributed by atoms with Gasteiger partial charge in [0.25, 0.3) is 0 Å². The highest BCUT2D eigenvalue weighted by Crippen LogP contribution is 2.26. The predicted octanol–water partition coefficient (Wildman–Crippen LogP) is 3.10. The van der Waals surface area contributed by atoms with Gasteiger partial charge in [-0.05, 0) is 17.3 Å². The Labute approximate surface area is 78.7 Å². The molecule has 0 bridgehead atoms. The lowest BCUT2D eigenvalue weighted by Gasteiger charge is -2.23. The molecule has 0 N–H and O–H groups in total. The fraction of sp³-hybridized carbons (Fsp3) is 1.00. The molecule has 68 valence electrons. The van der Waals surface area contributed by atoms with Crippen molar-refractivity contribution in [3.8, 4) is 0 Å². The van der Waals surface area contributed by atoms with Crippen molar-refractivity contribution >= 4 is 22.6 Å². The molecule has 11 heavy (non-hydrogen) atoms. The van der Waals surface area contributed by atoms with Crippen molar-refractivity contribution in [1.29, 1.82) is 0 Å². The van der Waals surface area contributed by atoms with Gasteiger partial charge in [-0.15, -0.1) is 0 Å². The molecule has 0 fully saturated rings. The molecule has 0 aromatic heterocycles. The summed E-state index contributed by atoms with van der Waals surface area (Å²) in [5.41, 5.74) is -1.33. The van der Waals surface area contributed by atoms with Gasteiger partial charge >= 0.3 is 0 Å². The number of hydrogen-bond acceptors (Lipinski definition) is 0. The quantitative estimate of drug-likeness (QED) is 0.518. The maximum absolute atomic E-state index is 12.2. The van der Waals surface area contributed by atoms with Crippen molar-refractivity contribution < 1.29 is 13.2 Å². The highest BCUT2D eigenvalue weighted by molar-refractivity contribution is 14.1. The summed E-state index contributed by atoms with van der Waals surface area (Å²) in [6.07, 6.45) is 0.984. The Kier molecular flexibility index (Phi) is 6.37. The van der Waals surface area contributed by atoms with Crippen LogP contribution in [0.25, 0.3) is 0 Å². The van der Waals surface area contributed by atoms with Gasteiger partial charge in [-0.3, -0.25) is 13.2 Å². The molecule has 0 aliphatic heterocycles. The second-order valence-corrected chi connectivity index (χ2v) is 3.77. The number of hydrogen-bond donors (Lipinski definition) is 0. The molecule has 0 radical (unpaired) electrons. The molecule has 0 aromatic rings. The first kappa shape index (κ1) is 11.5. The fourth-order valence-corrected chi connectivity index (χ4v) is 1.13. The maximum atomic E-state index is 12.2. The van der Waals surface area contributed by atoms with E-state index in [2.05, 4.69) is 22.6 Å². The third kappa shape index (κ3) is 3.62. The van der Waals surface area contributed by atoms with Crippen LogP contribution in [-0.4, -0.2) is 24.5 Å². The van der Waals surface area contributed by atoms with E-state index in [1.54, 1.807) is 0 Å². The minimum absolute atomic E-state index is 0.305. The molecule has 0 spiro atoms. The highest BCUT2D eigenvalue weighted by atomic mass is 127. The van der Waals surface area contributed by atoms with Gasteiger partial charge in [-0.1, -0.05) is 22.6 Å². The van der Waals surface area contributed by atoms with E-state index < -0.39 is 25.4 Å². The van der Waals surface area contributed by atoms with Gasteiger partial charge in [-0.25, -0.2) is 0 Å². The Morgan fingerprint density at radius 1 is 1.00 bits per heavy atom. The van der Waals surface area contributed by atoms with Gasteiger partial charge in [0.1, 0.15) is 20.0 Å². The summed E-state index contributed by atoms with van der Waals surface area (Å²) in [4.78, 5) is 0. The molecule has 0 aromatic carbocycles. The molecule has 0 heterocycles. The van der Waals surface area contributed by atoms with Crippen molar-refractivity contribution in [3.63, 3.8) is 0 Å². The standard InChI is InChI=1S/C7H12F3I/c8-4-7(5-9,6-10)2-1-3-11/h1-6H2. The van der Waals surface area contributed by atoms with Gasteiger partial charge in [0.15, 0.2) is 0 Å². The lowest BCUT2D eigenvalue weighted by atomic mass is 9.88. The third-order valence-corrected chi connectivity index (χ3v) is 2.45. The Bertz CT molecular complexity index is 85.4. The number of alkyl halides is 4. The zero-order valence-electron chi connectivity index (χ0n) is 6.25. The minimum atomic E-state index is -1.33. The zero-order valence-corrected chi connectivity index (χ0v) is 8.41. The van der Waals surface area contributed by atoms with Crippen LogP contribution in [-0.2, 0) is 0 Å². The SMILES string of the molecule is FCC(CF)(CF)CCCI. The zero-order chi connectivity index (χ0) is 8.74. The summed E-state index contributed by atoms with van der Waals surface area (Å²) in [5, 5.41) is 0. The molecule has 0 rings (SSSR count). The number of halogens is 4. The van der Waals surface area contributed by atoms with E-state index in [-0.39, 0.29) is 0 Å². The molecule has 0 nitrogen and oxygen atoms in total. The van der Waals surface area contributed by atoms with E-state index in [4.69, 9.17) is 0 Å². The molecule has 0 saturated heterocycles. The van der Waals surface area contributed by atoms with Gasteiger partial charge in [0.2, 0.25) is 0 Å².